The summed E-state index contributed by atoms with van der Waals surface area (Å²) in [7, 11) is 0. The number of aromatic nitrogens is 1. The molecule has 1 heterocycles. The van der Waals surface area contributed by atoms with Crippen LogP contribution < -0.4 is 4.74 Å². The minimum atomic E-state index is -0.567. The van der Waals surface area contributed by atoms with Gasteiger partial charge < -0.3 is 9.47 Å². The second-order valence-electron chi connectivity index (χ2n) is 8.75. The van der Waals surface area contributed by atoms with E-state index in [4.69, 9.17) is 9.47 Å². The molecular formula is C30H37NO3. The third-order valence-electron chi connectivity index (χ3n) is 5.93. The molecule has 0 saturated heterocycles. The Morgan fingerprint density at radius 2 is 1.44 bits per heavy atom. The van der Waals surface area contributed by atoms with Crippen molar-refractivity contribution in [3.8, 4) is 28.1 Å². The number of unbranched alkanes of at least 4 members (excludes halogenated alkanes) is 4. The van der Waals surface area contributed by atoms with Gasteiger partial charge in [-0.25, -0.2) is 4.79 Å². The molecule has 0 saturated carbocycles. The van der Waals surface area contributed by atoms with Gasteiger partial charge in [-0.2, -0.15) is 0 Å². The largest absolute Gasteiger partial charge is 0.425 e. The van der Waals surface area contributed by atoms with Gasteiger partial charge in [0.15, 0.2) is 6.10 Å². The maximum absolute atomic E-state index is 12.3. The topological polar surface area (TPSA) is 48.4 Å². The van der Waals surface area contributed by atoms with Crippen LogP contribution in [0.4, 0.5) is 0 Å². The van der Waals surface area contributed by atoms with Gasteiger partial charge in [0.1, 0.15) is 5.75 Å². The van der Waals surface area contributed by atoms with Crippen LogP contribution in [0.25, 0.3) is 22.4 Å². The third kappa shape index (κ3) is 7.81. The summed E-state index contributed by atoms with van der Waals surface area (Å²) in [5.74, 6) is 0.167. The summed E-state index contributed by atoms with van der Waals surface area (Å²) in [6.45, 7) is 6.71. The first-order chi connectivity index (χ1) is 16.6. The van der Waals surface area contributed by atoms with Gasteiger partial charge >= 0.3 is 5.97 Å². The van der Waals surface area contributed by atoms with Crippen LogP contribution in [0.3, 0.4) is 0 Å². The molecule has 0 aliphatic heterocycles. The maximum atomic E-state index is 12.3. The number of carbonyl (C=O) groups is 1. The number of carbonyl (C=O) groups excluding carboxylic acids is 1. The van der Waals surface area contributed by atoms with Gasteiger partial charge in [-0.15, -0.1) is 0 Å². The van der Waals surface area contributed by atoms with Gasteiger partial charge in [-0.1, -0.05) is 82.0 Å². The van der Waals surface area contributed by atoms with Gasteiger partial charge in [-0.3, -0.25) is 4.98 Å². The number of ether oxygens (including phenoxy) is 2. The first kappa shape index (κ1) is 25.6. The van der Waals surface area contributed by atoms with E-state index in [1.807, 2.05) is 30.5 Å². The fourth-order valence-electron chi connectivity index (χ4n) is 3.73. The molecule has 0 fully saturated rings. The summed E-state index contributed by atoms with van der Waals surface area (Å²) in [6.07, 6.45) is 9.36. The van der Waals surface area contributed by atoms with Crippen molar-refractivity contribution in [1.82, 2.24) is 4.98 Å². The molecule has 34 heavy (non-hydrogen) atoms. The van der Waals surface area contributed by atoms with Crippen molar-refractivity contribution >= 4 is 5.97 Å². The van der Waals surface area contributed by atoms with E-state index >= 15 is 0 Å². The van der Waals surface area contributed by atoms with Crippen molar-refractivity contribution in [1.29, 1.82) is 0 Å². The standard InChI is InChI=1S/C30H37NO3/c1-4-6-8-9-21-33-23(3)30(32)34-28-18-16-26(17-19-28)25-12-14-27(15-13-25)29-20-11-24(22-31-29)10-7-5-2/h11-20,22-23H,4-10,21H2,1-3H3. The Hall–Kier alpha value is -2.98. The van der Waals surface area contributed by atoms with Crippen molar-refractivity contribution in [3.63, 3.8) is 0 Å². The molecule has 0 amide bonds. The van der Waals surface area contributed by atoms with Crippen LogP contribution in [-0.4, -0.2) is 23.7 Å². The van der Waals surface area contributed by atoms with Crippen LogP contribution in [0.5, 0.6) is 5.75 Å². The molecule has 3 rings (SSSR count). The zero-order valence-electron chi connectivity index (χ0n) is 20.8. The highest BCUT2D eigenvalue weighted by molar-refractivity contribution is 5.77. The van der Waals surface area contributed by atoms with Gasteiger partial charge in [0.05, 0.1) is 5.69 Å². The molecule has 0 spiro atoms. The monoisotopic (exact) mass is 459 g/mol. The smallest absolute Gasteiger partial charge is 0.340 e. The normalized spacial score (nSPS) is 11.9. The minimum Gasteiger partial charge on any atom is -0.425 e. The first-order valence-electron chi connectivity index (χ1n) is 12.6. The van der Waals surface area contributed by atoms with Crippen LogP contribution >= 0.6 is 0 Å². The molecule has 0 aliphatic rings. The molecule has 3 aromatic rings. The average Bonchev–Trinajstić information content (AvgIpc) is 2.88. The number of esters is 1. The number of nitrogens with zero attached hydrogens (tertiary/aromatic N) is 1. The number of hydrogen-bond donors (Lipinski definition) is 0. The Morgan fingerprint density at radius 3 is 2.06 bits per heavy atom. The predicted molar refractivity (Wildman–Crippen MR) is 139 cm³/mol. The van der Waals surface area contributed by atoms with Gasteiger partial charge in [0.2, 0.25) is 0 Å². The zero-order valence-corrected chi connectivity index (χ0v) is 20.8. The van der Waals surface area contributed by atoms with Crippen LogP contribution in [0.15, 0.2) is 66.9 Å². The lowest BCUT2D eigenvalue weighted by atomic mass is 10.0. The van der Waals surface area contributed by atoms with Crippen molar-refractivity contribution in [2.45, 2.75) is 71.8 Å². The Balaban J connectivity index is 1.53. The summed E-state index contributed by atoms with van der Waals surface area (Å²) < 4.78 is 11.1. The average molecular weight is 460 g/mol. The first-order valence-corrected chi connectivity index (χ1v) is 12.6. The molecule has 1 aromatic heterocycles. The van der Waals surface area contributed by atoms with Crippen LogP contribution in [0.2, 0.25) is 0 Å². The van der Waals surface area contributed by atoms with Crippen LogP contribution in [0, 0.1) is 0 Å². The van der Waals surface area contributed by atoms with E-state index in [9.17, 15) is 4.79 Å². The van der Waals surface area contributed by atoms with Gasteiger partial charge in [0, 0.05) is 18.4 Å². The summed E-state index contributed by atoms with van der Waals surface area (Å²) in [5.41, 5.74) is 5.53. The van der Waals surface area contributed by atoms with Crippen LogP contribution in [-0.2, 0) is 16.0 Å². The molecule has 0 bridgehead atoms. The molecule has 0 radical (unpaired) electrons. The Morgan fingerprint density at radius 1 is 0.794 bits per heavy atom. The third-order valence-corrected chi connectivity index (χ3v) is 5.93. The maximum Gasteiger partial charge on any atom is 0.340 e. The Kier molecular flexibility index (Phi) is 10.3. The van der Waals surface area contributed by atoms with Crippen molar-refractivity contribution < 1.29 is 14.3 Å². The quantitative estimate of drug-likeness (QED) is 0.150. The molecule has 4 nitrogen and oxygen atoms in total. The molecule has 0 N–H and O–H groups in total. The van der Waals surface area contributed by atoms with E-state index in [-0.39, 0.29) is 5.97 Å². The molecule has 0 aliphatic carbocycles. The van der Waals surface area contributed by atoms with E-state index in [0.717, 1.165) is 41.6 Å². The number of pyridine rings is 1. The second-order valence-corrected chi connectivity index (χ2v) is 8.75. The number of benzene rings is 2. The lowest BCUT2D eigenvalue weighted by Gasteiger charge is -2.13. The molecular weight excluding hydrogens is 422 g/mol. The second kappa shape index (κ2) is 13.7. The van der Waals surface area contributed by atoms with Gasteiger partial charge in [0.25, 0.3) is 0 Å². The zero-order chi connectivity index (χ0) is 24.2. The highest BCUT2D eigenvalue weighted by Crippen LogP contribution is 2.26. The van der Waals surface area contributed by atoms with E-state index in [0.29, 0.717) is 12.4 Å². The molecule has 1 atom stereocenters. The van der Waals surface area contributed by atoms with E-state index in [1.54, 1.807) is 6.92 Å². The summed E-state index contributed by atoms with van der Waals surface area (Å²) in [4.78, 5) is 16.9. The molecule has 4 heteroatoms. The van der Waals surface area contributed by atoms with Crippen molar-refractivity contribution in [2.24, 2.45) is 0 Å². The van der Waals surface area contributed by atoms with Crippen molar-refractivity contribution in [2.75, 3.05) is 6.61 Å². The molecule has 180 valence electrons. The number of hydrogen-bond acceptors (Lipinski definition) is 4. The summed E-state index contributed by atoms with van der Waals surface area (Å²) >= 11 is 0. The SMILES string of the molecule is CCCCCCOC(C)C(=O)Oc1ccc(-c2ccc(-c3ccc(CCCC)cn3)cc2)cc1. The lowest BCUT2D eigenvalue weighted by molar-refractivity contribution is -0.146. The fraction of sp³-hybridized carbons (Fsp3) is 0.400. The summed E-state index contributed by atoms with van der Waals surface area (Å²) in [5, 5.41) is 0. The van der Waals surface area contributed by atoms with Gasteiger partial charge in [-0.05, 0) is 61.1 Å². The summed E-state index contributed by atoms with van der Waals surface area (Å²) in [6, 6.07) is 20.2. The Bertz CT molecular complexity index is 995. The number of aryl methyl sites for hydroxylation is 1. The fourth-order valence-corrected chi connectivity index (χ4v) is 3.73. The minimum absolute atomic E-state index is 0.360. The van der Waals surface area contributed by atoms with E-state index in [1.165, 1.54) is 31.2 Å². The van der Waals surface area contributed by atoms with Crippen LogP contribution in [0.1, 0.15) is 64.9 Å². The lowest BCUT2D eigenvalue weighted by Crippen LogP contribution is -2.26. The van der Waals surface area contributed by atoms with Crippen molar-refractivity contribution in [3.05, 3.63) is 72.4 Å². The van der Waals surface area contributed by atoms with E-state index in [2.05, 4.69) is 55.2 Å². The number of rotatable bonds is 13. The molecule has 1 unspecified atom stereocenters. The molecule has 2 aromatic carbocycles. The van der Waals surface area contributed by atoms with E-state index < -0.39 is 6.10 Å². The highest BCUT2D eigenvalue weighted by atomic mass is 16.6. The highest BCUT2D eigenvalue weighted by Gasteiger charge is 2.16. The Labute approximate surface area is 204 Å². The predicted octanol–water partition coefficient (Wildman–Crippen LogP) is 7.65.